The van der Waals surface area contributed by atoms with E-state index in [9.17, 15) is 9.90 Å². The topological polar surface area (TPSA) is 78.8 Å². The number of ether oxygens (including phenoxy) is 1. The van der Waals surface area contributed by atoms with Gasteiger partial charge in [0, 0.05) is 6.54 Å². The lowest BCUT2D eigenvalue weighted by Gasteiger charge is -2.21. The summed E-state index contributed by atoms with van der Waals surface area (Å²) >= 11 is 0. The zero-order chi connectivity index (χ0) is 14.3. The van der Waals surface area contributed by atoms with Crippen molar-refractivity contribution in [2.75, 3.05) is 19.8 Å². The van der Waals surface area contributed by atoms with Gasteiger partial charge in [-0.15, -0.1) is 0 Å². The number of aliphatic hydroxyl groups is 2. The molecule has 104 valence electrons. The molecule has 0 radical (unpaired) electrons. The van der Waals surface area contributed by atoms with Crippen LogP contribution in [0.25, 0.3) is 0 Å². The number of nitrogens with one attached hydrogen (secondary N) is 1. The fraction of sp³-hybridized carbons (Fsp3) is 0.357. The third kappa shape index (κ3) is 4.73. The average Bonchev–Trinajstić information content (AvgIpc) is 2.43. The molecular weight excluding hydrogens is 246 g/mol. The van der Waals surface area contributed by atoms with E-state index in [2.05, 4.69) is 11.9 Å². The van der Waals surface area contributed by atoms with Crippen molar-refractivity contribution < 1.29 is 19.7 Å². The number of benzene rings is 1. The molecule has 0 bridgehead atoms. The van der Waals surface area contributed by atoms with Crippen LogP contribution in [0.15, 0.2) is 36.9 Å². The van der Waals surface area contributed by atoms with E-state index in [-0.39, 0.29) is 12.5 Å². The van der Waals surface area contributed by atoms with E-state index >= 15 is 0 Å². The first-order valence-electron chi connectivity index (χ1n) is 5.94. The summed E-state index contributed by atoms with van der Waals surface area (Å²) in [4.78, 5) is 12.0. The highest BCUT2D eigenvalue weighted by atomic mass is 16.5. The molecule has 5 nitrogen and oxygen atoms in total. The first-order valence-corrected chi connectivity index (χ1v) is 5.94. The highest BCUT2D eigenvalue weighted by Crippen LogP contribution is 2.17. The molecule has 0 aliphatic rings. The van der Waals surface area contributed by atoms with Crippen LogP contribution in [0.5, 0.6) is 5.75 Å². The standard InChI is InChI=1S/C14H19NO4/c1-3-8-19-12-7-5-4-6-11(12)13(17)15-9-14(2,18)10-16/h3-7,16,18H,1,8-10H2,2H3,(H,15,17). The van der Waals surface area contributed by atoms with Crippen molar-refractivity contribution in [3.05, 3.63) is 42.5 Å². The number of aliphatic hydroxyl groups excluding tert-OH is 1. The summed E-state index contributed by atoms with van der Waals surface area (Å²) < 4.78 is 5.37. The number of hydrogen-bond donors (Lipinski definition) is 3. The predicted octanol–water partition coefficient (Wildman–Crippen LogP) is 0.724. The molecule has 5 heteroatoms. The molecule has 0 aliphatic carbocycles. The van der Waals surface area contributed by atoms with E-state index in [4.69, 9.17) is 9.84 Å². The Morgan fingerprint density at radius 2 is 2.21 bits per heavy atom. The first kappa shape index (κ1) is 15.2. The summed E-state index contributed by atoms with van der Waals surface area (Å²) in [5.41, 5.74) is -0.967. The molecule has 1 rings (SSSR count). The maximum absolute atomic E-state index is 12.0. The lowest BCUT2D eigenvalue weighted by atomic mass is 10.1. The van der Waals surface area contributed by atoms with Gasteiger partial charge in [-0.2, -0.15) is 0 Å². The molecule has 0 saturated carbocycles. The number of rotatable bonds is 7. The van der Waals surface area contributed by atoms with Crippen molar-refractivity contribution in [2.24, 2.45) is 0 Å². The Kier molecular flexibility index (Phi) is 5.54. The molecule has 0 aromatic heterocycles. The highest BCUT2D eigenvalue weighted by Gasteiger charge is 2.21. The second-order valence-electron chi connectivity index (χ2n) is 4.43. The molecule has 0 fully saturated rings. The molecule has 0 heterocycles. The van der Waals surface area contributed by atoms with E-state index < -0.39 is 12.2 Å². The fourth-order valence-electron chi connectivity index (χ4n) is 1.35. The highest BCUT2D eigenvalue weighted by molar-refractivity contribution is 5.96. The largest absolute Gasteiger partial charge is 0.489 e. The summed E-state index contributed by atoms with van der Waals surface area (Å²) in [6.45, 7) is 4.81. The van der Waals surface area contributed by atoms with Crippen molar-refractivity contribution in [2.45, 2.75) is 12.5 Å². The molecule has 1 amide bonds. The van der Waals surface area contributed by atoms with Gasteiger partial charge in [0.05, 0.1) is 12.2 Å². The second-order valence-corrected chi connectivity index (χ2v) is 4.43. The first-order chi connectivity index (χ1) is 9.00. The van der Waals surface area contributed by atoms with Gasteiger partial charge in [0.1, 0.15) is 18.0 Å². The van der Waals surface area contributed by atoms with Crippen molar-refractivity contribution >= 4 is 5.91 Å². The summed E-state index contributed by atoms with van der Waals surface area (Å²) in [6, 6.07) is 6.79. The van der Waals surface area contributed by atoms with Gasteiger partial charge in [-0.1, -0.05) is 24.8 Å². The zero-order valence-corrected chi connectivity index (χ0v) is 10.9. The molecule has 1 atom stereocenters. The SMILES string of the molecule is C=CCOc1ccccc1C(=O)NCC(C)(O)CO. The molecule has 0 spiro atoms. The smallest absolute Gasteiger partial charge is 0.255 e. The number of para-hydroxylation sites is 1. The van der Waals surface area contributed by atoms with Crippen molar-refractivity contribution in [1.82, 2.24) is 5.32 Å². The van der Waals surface area contributed by atoms with Gasteiger partial charge in [0.15, 0.2) is 0 Å². The Balaban J connectivity index is 2.73. The molecule has 0 saturated heterocycles. The van der Waals surface area contributed by atoms with Crippen LogP contribution in [-0.2, 0) is 0 Å². The Hall–Kier alpha value is -1.85. The van der Waals surface area contributed by atoms with Gasteiger partial charge in [0.2, 0.25) is 0 Å². The van der Waals surface area contributed by atoms with Crippen LogP contribution in [-0.4, -0.2) is 41.5 Å². The minimum absolute atomic E-state index is 0.0435. The van der Waals surface area contributed by atoms with Gasteiger partial charge < -0.3 is 20.3 Å². The summed E-state index contributed by atoms with van der Waals surface area (Å²) in [5.74, 6) is 0.0805. The predicted molar refractivity (Wildman–Crippen MR) is 72.2 cm³/mol. The van der Waals surface area contributed by atoms with E-state index in [0.29, 0.717) is 17.9 Å². The molecule has 1 aromatic carbocycles. The van der Waals surface area contributed by atoms with Gasteiger partial charge >= 0.3 is 0 Å². The maximum Gasteiger partial charge on any atom is 0.255 e. The van der Waals surface area contributed by atoms with Crippen LogP contribution in [0.2, 0.25) is 0 Å². The van der Waals surface area contributed by atoms with Crippen LogP contribution >= 0.6 is 0 Å². The minimum Gasteiger partial charge on any atom is -0.489 e. The normalized spacial score (nSPS) is 13.4. The number of carbonyl (C=O) groups is 1. The number of carbonyl (C=O) groups excluding carboxylic acids is 1. The van der Waals surface area contributed by atoms with Crippen LogP contribution < -0.4 is 10.1 Å². The molecule has 0 aliphatic heterocycles. The fourth-order valence-corrected chi connectivity index (χ4v) is 1.35. The Labute approximate surface area is 112 Å². The molecule has 3 N–H and O–H groups in total. The number of hydrogen-bond acceptors (Lipinski definition) is 4. The quantitative estimate of drug-likeness (QED) is 0.635. The Bertz CT molecular complexity index is 443. The third-order valence-corrected chi connectivity index (χ3v) is 2.46. The number of amides is 1. The van der Waals surface area contributed by atoms with Crippen molar-refractivity contribution in [1.29, 1.82) is 0 Å². The summed E-state index contributed by atoms with van der Waals surface area (Å²) in [7, 11) is 0. The molecule has 19 heavy (non-hydrogen) atoms. The lowest BCUT2D eigenvalue weighted by Crippen LogP contribution is -2.43. The van der Waals surface area contributed by atoms with Gasteiger partial charge in [-0.25, -0.2) is 0 Å². The van der Waals surface area contributed by atoms with Gasteiger partial charge in [0.25, 0.3) is 5.91 Å². The van der Waals surface area contributed by atoms with Crippen molar-refractivity contribution in [3.8, 4) is 5.75 Å². The minimum atomic E-state index is -1.34. The van der Waals surface area contributed by atoms with Gasteiger partial charge in [-0.3, -0.25) is 4.79 Å². The van der Waals surface area contributed by atoms with E-state index in [1.165, 1.54) is 6.92 Å². The van der Waals surface area contributed by atoms with Crippen LogP contribution in [0.4, 0.5) is 0 Å². The van der Waals surface area contributed by atoms with Crippen LogP contribution in [0, 0.1) is 0 Å². The third-order valence-electron chi connectivity index (χ3n) is 2.46. The van der Waals surface area contributed by atoms with E-state index in [1.54, 1.807) is 30.3 Å². The summed E-state index contributed by atoms with van der Waals surface area (Å²) in [5, 5.41) is 21.1. The second kappa shape index (κ2) is 6.92. The Morgan fingerprint density at radius 1 is 1.53 bits per heavy atom. The van der Waals surface area contributed by atoms with Gasteiger partial charge in [-0.05, 0) is 19.1 Å². The molecule has 1 aromatic rings. The van der Waals surface area contributed by atoms with Crippen LogP contribution in [0.3, 0.4) is 0 Å². The lowest BCUT2D eigenvalue weighted by molar-refractivity contribution is 0.00317. The average molecular weight is 265 g/mol. The molecular formula is C14H19NO4. The summed E-state index contributed by atoms with van der Waals surface area (Å²) in [6.07, 6.45) is 1.59. The monoisotopic (exact) mass is 265 g/mol. The maximum atomic E-state index is 12.0. The van der Waals surface area contributed by atoms with E-state index in [0.717, 1.165) is 0 Å². The Morgan fingerprint density at radius 3 is 2.84 bits per heavy atom. The zero-order valence-electron chi connectivity index (χ0n) is 10.9. The van der Waals surface area contributed by atoms with E-state index in [1.807, 2.05) is 0 Å². The molecule has 1 unspecified atom stereocenters. The van der Waals surface area contributed by atoms with Crippen LogP contribution in [0.1, 0.15) is 17.3 Å². The van der Waals surface area contributed by atoms with Crippen molar-refractivity contribution in [3.63, 3.8) is 0 Å².